The molecule has 218 valence electrons. The maximum Gasteiger partial charge on any atom is 0.250 e. The van der Waals surface area contributed by atoms with Gasteiger partial charge in [0.05, 0.1) is 23.9 Å². The summed E-state index contributed by atoms with van der Waals surface area (Å²) in [5.74, 6) is 2.02. The van der Waals surface area contributed by atoms with Crippen LogP contribution in [0.1, 0.15) is 11.5 Å². The van der Waals surface area contributed by atoms with Crippen LogP contribution in [-0.4, -0.2) is 45.9 Å². The number of aromatic nitrogens is 2. The van der Waals surface area contributed by atoms with Crippen molar-refractivity contribution < 1.29 is 18.4 Å². The molecule has 0 bridgehead atoms. The van der Waals surface area contributed by atoms with Crippen molar-refractivity contribution >= 4 is 91.0 Å². The van der Waals surface area contributed by atoms with Crippen LogP contribution in [0.5, 0.6) is 0 Å². The van der Waals surface area contributed by atoms with E-state index in [-0.39, 0.29) is 23.3 Å². The second kappa shape index (κ2) is 15.3. The molecule has 3 aromatic heterocycles. The molecule has 0 atom stereocenters. The maximum absolute atomic E-state index is 12.2. The Morgan fingerprint density at radius 1 is 0.698 bits per heavy atom. The number of benzene rings is 2. The third kappa shape index (κ3) is 9.49. The van der Waals surface area contributed by atoms with E-state index in [9.17, 15) is 9.59 Å². The Morgan fingerprint density at radius 2 is 1.12 bits per heavy atom. The molecule has 0 radical (unpaired) electrons. The van der Waals surface area contributed by atoms with Gasteiger partial charge in [0.25, 0.3) is 11.8 Å². The van der Waals surface area contributed by atoms with Crippen LogP contribution in [0, 0.1) is 0 Å². The maximum atomic E-state index is 12.2. The number of rotatable bonds is 12. The highest BCUT2D eigenvalue weighted by Gasteiger charge is 2.11. The smallest absolute Gasteiger partial charge is 0.250 e. The largest absolute Gasteiger partial charge is 0.455 e. The number of furan rings is 2. The average molecular weight is 761 g/mol. The predicted octanol–water partition coefficient (Wildman–Crippen LogP) is 7.07. The lowest BCUT2D eigenvalue weighted by molar-refractivity contribution is -0.119. The molecule has 0 saturated carbocycles. The monoisotopic (exact) mass is 758 g/mol. The minimum absolute atomic E-state index is 0.102. The van der Waals surface area contributed by atoms with E-state index in [2.05, 4.69) is 63.1 Å². The lowest BCUT2D eigenvalue weighted by atomic mass is 10.2. The molecule has 2 aromatic carbocycles. The van der Waals surface area contributed by atoms with Gasteiger partial charge in [-0.1, -0.05) is 91.0 Å². The predicted molar refractivity (Wildman–Crippen MR) is 177 cm³/mol. The number of nitrogens with one attached hydrogen (secondary N) is 2. The summed E-state index contributed by atoms with van der Waals surface area (Å²) in [7, 11) is 0. The van der Waals surface area contributed by atoms with Gasteiger partial charge in [-0.05, 0) is 48.5 Å². The normalized spacial score (nSPS) is 11.4. The van der Waals surface area contributed by atoms with Gasteiger partial charge in [0, 0.05) is 20.1 Å². The lowest BCUT2D eigenvalue weighted by Crippen LogP contribution is -2.19. The Kier molecular flexibility index (Phi) is 11.0. The topological polar surface area (TPSA) is 135 Å². The molecule has 43 heavy (non-hydrogen) atoms. The highest BCUT2D eigenvalue weighted by molar-refractivity contribution is 9.10. The van der Waals surface area contributed by atoms with E-state index in [1.54, 1.807) is 12.1 Å². The molecular formula is C28H20Br2N6O4S3. The molecule has 3 heterocycles. The molecule has 0 fully saturated rings. The van der Waals surface area contributed by atoms with E-state index >= 15 is 0 Å². The Hall–Kier alpha value is -3.50. The van der Waals surface area contributed by atoms with Gasteiger partial charge < -0.3 is 8.83 Å². The summed E-state index contributed by atoms with van der Waals surface area (Å²) in [6, 6.07) is 22.7. The lowest BCUT2D eigenvalue weighted by Gasteiger charge is -1.98. The number of nitrogens with zero attached hydrogens (tertiary/aromatic N) is 4. The molecular weight excluding hydrogens is 740 g/mol. The van der Waals surface area contributed by atoms with Crippen LogP contribution in [0.3, 0.4) is 0 Å². The summed E-state index contributed by atoms with van der Waals surface area (Å²) in [5.41, 5.74) is 6.80. The molecule has 0 spiro atoms. The molecule has 0 aliphatic carbocycles. The van der Waals surface area contributed by atoms with Crippen molar-refractivity contribution in [3.63, 3.8) is 0 Å². The van der Waals surface area contributed by atoms with Gasteiger partial charge >= 0.3 is 0 Å². The van der Waals surface area contributed by atoms with E-state index < -0.39 is 0 Å². The number of hydrogen-bond donors (Lipinski definition) is 2. The molecule has 0 aliphatic rings. The number of hydrazone groups is 2. The van der Waals surface area contributed by atoms with E-state index in [0.29, 0.717) is 31.7 Å². The number of halogens is 2. The van der Waals surface area contributed by atoms with Crippen LogP contribution >= 0.6 is 66.7 Å². The van der Waals surface area contributed by atoms with Gasteiger partial charge in [0.15, 0.2) is 8.68 Å². The first kappa shape index (κ1) is 30.9. The second-order valence-corrected chi connectivity index (χ2v) is 13.7. The number of carbonyl (C=O) groups excluding carboxylic acids is 2. The van der Waals surface area contributed by atoms with Crippen LogP contribution in [-0.2, 0) is 9.59 Å². The van der Waals surface area contributed by atoms with Gasteiger partial charge in [-0.25, -0.2) is 10.9 Å². The Bertz CT molecular complexity index is 1620. The number of hydrogen-bond acceptors (Lipinski definition) is 11. The molecule has 5 rings (SSSR count). The van der Waals surface area contributed by atoms with Crippen molar-refractivity contribution in [1.29, 1.82) is 0 Å². The summed E-state index contributed by atoms with van der Waals surface area (Å²) in [6.45, 7) is 0. The highest BCUT2D eigenvalue weighted by atomic mass is 79.9. The third-order valence-electron chi connectivity index (χ3n) is 5.31. The van der Waals surface area contributed by atoms with Crippen molar-refractivity contribution in [2.75, 3.05) is 11.5 Å². The van der Waals surface area contributed by atoms with Crippen molar-refractivity contribution in [2.45, 2.75) is 8.68 Å². The Labute approximate surface area is 275 Å². The summed E-state index contributed by atoms with van der Waals surface area (Å²) >= 11 is 10.6. The van der Waals surface area contributed by atoms with Crippen molar-refractivity contribution in [2.24, 2.45) is 10.2 Å². The average Bonchev–Trinajstić information content (AvgIpc) is 3.78. The third-order valence-corrected chi connectivity index (χ3v) is 9.56. The SMILES string of the molecule is O=C(CSc1nnc(SCC(=O)N/N=C/c2ccc(-c3ccc(Br)cc3)o2)s1)N/N=C/c1ccc(-c2ccc(Br)cc2)o1. The van der Waals surface area contributed by atoms with Gasteiger partial charge in [0.1, 0.15) is 23.0 Å². The Balaban J connectivity index is 0.994. The number of thioether (sulfide) groups is 2. The van der Waals surface area contributed by atoms with Crippen LogP contribution < -0.4 is 10.9 Å². The summed E-state index contributed by atoms with van der Waals surface area (Å²) < 4.78 is 14.7. The van der Waals surface area contributed by atoms with Gasteiger partial charge in [-0.2, -0.15) is 10.2 Å². The first-order valence-electron chi connectivity index (χ1n) is 12.4. The quantitative estimate of drug-likeness (QED) is 0.0784. The standard InChI is InChI=1S/C28H20Br2N6O4S3/c29-19-5-1-17(2-6-19)23-11-9-21(39-23)13-31-33-25(37)15-41-27-35-36-28(43-27)42-16-26(38)34-32-14-22-10-12-24(40-22)18-3-7-20(30)8-4-18/h1-14H,15-16H2,(H,33,37)(H,34,38)/b31-13+,32-14+. The molecule has 10 nitrogen and oxygen atoms in total. The van der Waals surface area contributed by atoms with E-state index in [1.807, 2.05) is 60.7 Å². The zero-order valence-electron chi connectivity index (χ0n) is 21.9. The molecule has 0 aliphatic heterocycles. The van der Waals surface area contributed by atoms with Gasteiger partial charge in [0.2, 0.25) is 0 Å². The van der Waals surface area contributed by atoms with E-state index in [4.69, 9.17) is 8.83 Å². The summed E-state index contributed by atoms with van der Waals surface area (Å²) in [5, 5.41) is 16.0. The first-order valence-corrected chi connectivity index (χ1v) is 16.7. The van der Waals surface area contributed by atoms with Crippen LogP contribution in [0.2, 0.25) is 0 Å². The molecule has 0 saturated heterocycles. The highest BCUT2D eigenvalue weighted by Crippen LogP contribution is 2.29. The zero-order chi connectivity index (χ0) is 30.0. The fourth-order valence-electron chi connectivity index (χ4n) is 3.35. The summed E-state index contributed by atoms with van der Waals surface area (Å²) in [4.78, 5) is 24.3. The molecule has 15 heteroatoms. The van der Waals surface area contributed by atoms with Crippen molar-refractivity contribution in [3.05, 3.63) is 93.3 Å². The van der Waals surface area contributed by atoms with Crippen LogP contribution in [0.4, 0.5) is 0 Å². The minimum Gasteiger partial charge on any atom is -0.455 e. The van der Waals surface area contributed by atoms with Crippen molar-refractivity contribution in [3.8, 4) is 22.6 Å². The molecule has 0 unspecified atom stereocenters. The zero-order valence-corrected chi connectivity index (χ0v) is 27.5. The minimum atomic E-state index is -0.303. The van der Waals surface area contributed by atoms with Gasteiger partial charge in [-0.15, -0.1) is 10.2 Å². The number of amides is 2. The first-order chi connectivity index (χ1) is 20.9. The van der Waals surface area contributed by atoms with Crippen molar-refractivity contribution in [1.82, 2.24) is 21.0 Å². The molecule has 5 aromatic rings. The fourth-order valence-corrected chi connectivity index (χ4v) is 6.49. The summed E-state index contributed by atoms with van der Waals surface area (Å²) in [6.07, 6.45) is 2.88. The molecule has 2 N–H and O–H groups in total. The second-order valence-electron chi connectivity index (χ2n) is 8.42. The number of carbonyl (C=O) groups is 2. The van der Waals surface area contributed by atoms with Crippen LogP contribution in [0.15, 0.2) is 109 Å². The van der Waals surface area contributed by atoms with Crippen LogP contribution in [0.25, 0.3) is 22.6 Å². The Morgan fingerprint density at radius 3 is 1.53 bits per heavy atom. The van der Waals surface area contributed by atoms with E-state index in [0.717, 1.165) is 20.1 Å². The van der Waals surface area contributed by atoms with E-state index in [1.165, 1.54) is 47.3 Å². The fraction of sp³-hybridized carbons (Fsp3) is 0.0714. The van der Waals surface area contributed by atoms with Gasteiger partial charge in [-0.3, -0.25) is 9.59 Å². The molecule has 2 amide bonds.